The van der Waals surface area contributed by atoms with Gasteiger partial charge in [0.2, 0.25) is 0 Å². The maximum absolute atomic E-state index is 6.43. The van der Waals surface area contributed by atoms with Gasteiger partial charge in [0, 0.05) is 11.1 Å². The summed E-state index contributed by atoms with van der Waals surface area (Å²) in [6, 6.07) is 28.9. The van der Waals surface area contributed by atoms with E-state index in [1.54, 1.807) is 16.7 Å². The molecule has 1 nitrogen and oxygen atoms in total. The summed E-state index contributed by atoms with van der Waals surface area (Å²) in [5.74, 6) is 2.52. The molecule has 4 rings (SSSR count). The van der Waals surface area contributed by atoms with Gasteiger partial charge in [-0.3, -0.25) is 0 Å². The van der Waals surface area contributed by atoms with Gasteiger partial charge < -0.3 is 4.74 Å². The molecule has 0 saturated heterocycles. The Bertz CT molecular complexity index is 1400. The molecule has 3 aromatic rings. The quantitative estimate of drug-likeness (QED) is 0.150. The number of allylic oxidation sites excluding steroid dienone is 6. The molecule has 3 aromatic carbocycles. The monoisotopic (exact) mass is 596 g/mol. The largest absolute Gasteiger partial charge is 0.456 e. The summed E-state index contributed by atoms with van der Waals surface area (Å²) < 4.78 is 8.28. The smallest absolute Gasteiger partial charge is 0.138 e. The number of aryl methyl sites for hydroxylation is 1. The van der Waals surface area contributed by atoms with E-state index in [0.29, 0.717) is 0 Å². The van der Waals surface area contributed by atoms with Crippen LogP contribution in [0.1, 0.15) is 65.2 Å². The Labute approximate surface area is 259 Å². The second-order valence-corrected chi connectivity index (χ2v) is 22.6. The summed E-state index contributed by atoms with van der Waals surface area (Å²) >= 11 is 0.267. The molecule has 0 amide bonds. The van der Waals surface area contributed by atoms with Crippen molar-refractivity contribution in [1.82, 2.24) is 0 Å². The first kappa shape index (κ1) is 32.9. The van der Waals surface area contributed by atoms with Crippen LogP contribution in [-0.2, 0) is 18.4 Å². The second kappa shape index (κ2) is 15.0. The number of rotatable bonds is 7. The molecule has 1 atom stereocenters. The zero-order valence-corrected chi connectivity index (χ0v) is 29.5. The molecule has 0 saturated carbocycles. The Balaban J connectivity index is 0.000000298. The van der Waals surface area contributed by atoms with Gasteiger partial charge in [0.15, 0.2) is 0 Å². The molecule has 1 aliphatic rings. The van der Waals surface area contributed by atoms with Crippen LogP contribution >= 0.6 is 0 Å². The average molecular weight is 597 g/mol. The van der Waals surface area contributed by atoms with E-state index in [-0.39, 0.29) is 30.5 Å². The van der Waals surface area contributed by atoms with E-state index >= 15 is 0 Å². The van der Waals surface area contributed by atoms with Crippen molar-refractivity contribution >= 4 is 18.5 Å². The molecule has 1 aliphatic carbocycles. The van der Waals surface area contributed by atoms with E-state index in [2.05, 4.69) is 117 Å². The third-order valence-electron chi connectivity index (χ3n) is 7.66. The molecular formula is C38H48OSiTi. The van der Waals surface area contributed by atoms with E-state index in [9.17, 15) is 0 Å². The zero-order valence-electron chi connectivity index (χ0n) is 26.8. The molecule has 41 heavy (non-hydrogen) atoms. The van der Waals surface area contributed by atoms with Crippen LogP contribution in [0.5, 0.6) is 5.75 Å². The van der Waals surface area contributed by atoms with Gasteiger partial charge in [0.25, 0.3) is 0 Å². The van der Waals surface area contributed by atoms with E-state index in [1.807, 2.05) is 52.4 Å². The Morgan fingerprint density at radius 1 is 0.780 bits per heavy atom. The Morgan fingerprint density at radius 3 is 1.83 bits per heavy atom. The van der Waals surface area contributed by atoms with Gasteiger partial charge in [-0.05, 0) is 30.0 Å². The standard InChI is InChI=1S/C27H28O.C9H13.C2H7Si.Ti/c1-21-15-17-22(18-16-21)19-20-25(27(2,3)4)26(23-11-7-5-8-12-23)28-24-13-9-6-10-14-24;1-6-5-7(2)9(4)8(6)3;1-3-2;/h5-20H,1-4H3;6H,1-4H3;3H,1-2H3;. The minimum Gasteiger partial charge on any atom is -0.456 e. The number of ether oxygens (including phenoxy) is 1. The van der Waals surface area contributed by atoms with E-state index in [4.69, 9.17) is 4.74 Å². The Morgan fingerprint density at radius 2 is 1.34 bits per heavy atom. The van der Waals surface area contributed by atoms with Crippen LogP contribution in [0.4, 0.5) is 0 Å². The second-order valence-electron chi connectivity index (χ2n) is 12.4. The first-order chi connectivity index (χ1) is 19.4. The summed E-state index contributed by atoms with van der Waals surface area (Å²) in [4.78, 5) is 0. The summed E-state index contributed by atoms with van der Waals surface area (Å²) in [5, 5.41) is 0. The molecule has 0 radical (unpaired) electrons. The van der Waals surface area contributed by atoms with E-state index in [0.717, 1.165) is 28.6 Å². The molecule has 0 fully saturated rings. The van der Waals surface area contributed by atoms with Crippen LogP contribution in [0, 0.1) is 18.3 Å². The first-order valence-electron chi connectivity index (χ1n) is 14.8. The summed E-state index contributed by atoms with van der Waals surface area (Å²) in [6.45, 7) is 22.8. The summed E-state index contributed by atoms with van der Waals surface area (Å²) in [7, 11) is 0. The van der Waals surface area contributed by atoms with Crippen LogP contribution in [-0.4, -0.2) is 6.66 Å². The predicted molar refractivity (Wildman–Crippen MR) is 179 cm³/mol. The van der Waals surface area contributed by atoms with Gasteiger partial charge >= 0.3 is 92.4 Å². The third kappa shape index (κ3) is 9.43. The van der Waals surface area contributed by atoms with Crippen LogP contribution in [0.2, 0.25) is 13.1 Å². The minimum absolute atomic E-state index is 0.0822. The van der Waals surface area contributed by atoms with Crippen LogP contribution in [0.15, 0.2) is 117 Å². The molecule has 0 aliphatic heterocycles. The van der Waals surface area contributed by atoms with Gasteiger partial charge in [-0.2, -0.15) is 0 Å². The molecule has 0 N–H and O–H groups in total. The molecule has 0 heterocycles. The summed E-state index contributed by atoms with van der Waals surface area (Å²) in [5.41, 5.74) is 9.45. The summed E-state index contributed by atoms with van der Waals surface area (Å²) in [6.07, 6.45) is 4.35. The topological polar surface area (TPSA) is 9.23 Å². The van der Waals surface area contributed by atoms with Gasteiger partial charge in [0.05, 0.1) is 0 Å². The molecule has 0 aromatic heterocycles. The average Bonchev–Trinajstić information content (AvgIpc) is 3.12. The number of hydrogen-bond donors (Lipinski definition) is 0. The van der Waals surface area contributed by atoms with Gasteiger partial charge in [-0.25, -0.2) is 0 Å². The van der Waals surface area contributed by atoms with Crippen molar-refractivity contribution in [3.63, 3.8) is 0 Å². The zero-order chi connectivity index (χ0) is 30.2. The SMILES string of the molecule is CC1=C(C)C(C)[C]([Ti][SiH](C)C)=C1C.Cc1ccc(C=CC(=C(Oc2ccccc2)c2ccccc2)C(C)(C)C)cc1. The normalized spacial score (nSPS) is 16.1. The van der Waals surface area contributed by atoms with Crippen LogP contribution in [0.3, 0.4) is 0 Å². The van der Waals surface area contributed by atoms with Crippen molar-refractivity contribution in [1.29, 1.82) is 0 Å². The molecule has 3 heteroatoms. The number of para-hydroxylation sites is 1. The molecule has 1 unspecified atom stereocenters. The maximum atomic E-state index is 6.43. The van der Waals surface area contributed by atoms with Crippen molar-refractivity contribution in [3.05, 3.63) is 134 Å². The van der Waals surface area contributed by atoms with Crippen LogP contribution < -0.4 is 4.74 Å². The van der Waals surface area contributed by atoms with Crippen molar-refractivity contribution in [2.75, 3.05) is 0 Å². The van der Waals surface area contributed by atoms with Crippen molar-refractivity contribution in [2.45, 2.75) is 68.5 Å². The molecule has 0 spiro atoms. The van der Waals surface area contributed by atoms with Crippen molar-refractivity contribution in [3.8, 4) is 5.75 Å². The maximum Gasteiger partial charge on any atom is 0.138 e. The van der Waals surface area contributed by atoms with Crippen molar-refractivity contribution < 1.29 is 23.1 Å². The Hall–Kier alpha value is -2.65. The fourth-order valence-electron chi connectivity index (χ4n) is 4.90. The fourth-order valence-corrected chi connectivity index (χ4v) is 11.7. The predicted octanol–water partition coefficient (Wildman–Crippen LogP) is 10.9. The molecule has 0 bridgehead atoms. The van der Waals surface area contributed by atoms with Crippen molar-refractivity contribution in [2.24, 2.45) is 11.3 Å². The number of benzene rings is 3. The van der Waals surface area contributed by atoms with Gasteiger partial charge in [-0.1, -0.05) is 111 Å². The third-order valence-corrected chi connectivity index (χ3v) is 14.0. The van der Waals surface area contributed by atoms with E-state index in [1.165, 1.54) is 11.1 Å². The number of hydrogen-bond acceptors (Lipinski definition) is 1. The van der Waals surface area contributed by atoms with E-state index < -0.39 is 0 Å². The minimum atomic E-state index is -0.315. The fraction of sp³-hybridized carbons (Fsp3) is 0.316. The molecular weight excluding hydrogens is 548 g/mol. The van der Waals surface area contributed by atoms with Crippen LogP contribution in [0.25, 0.3) is 11.8 Å². The van der Waals surface area contributed by atoms with Gasteiger partial charge in [-0.15, -0.1) is 0 Å². The molecule has 214 valence electrons. The first-order valence-corrected chi connectivity index (χ1v) is 21.2. The Kier molecular flexibility index (Phi) is 12.0. The van der Waals surface area contributed by atoms with Gasteiger partial charge in [0.1, 0.15) is 11.5 Å².